The number of amides is 1. The molecule has 1 amide bonds. The minimum atomic E-state index is -4.74. The molecule has 27 heavy (non-hydrogen) atoms. The van der Waals surface area contributed by atoms with Crippen LogP contribution in [0, 0.1) is 0 Å². The molecule has 8 heteroatoms. The van der Waals surface area contributed by atoms with Crippen LogP contribution in [-0.2, 0) is 12.1 Å². The van der Waals surface area contributed by atoms with E-state index in [4.69, 9.17) is 5.73 Å². The molecule has 0 spiro atoms. The van der Waals surface area contributed by atoms with Crippen molar-refractivity contribution in [2.24, 2.45) is 0 Å². The van der Waals surface area contributed by atoms with Gasteiger partial charge in [0, 0.05) is 28.8 Å². The molecule has 0 aliphatic carbocycles. The highest BCUT2D eigenvalue weighted by atomic mass is 19.4. The molecule has 0 bridgehead atoms. The number of hydrogen-bond donors (Lipinski definition) is 3. The number of nitrogens with one attached hydrogen (secondary N) is 2. The quantitative estimate of drug-likeness (QED) is 0.528. The van der Waals surface area contributed by atoms with Crippen molar-refractivity contribution in [3.8, 4) is 0 Å². The minimum absolute atomic E-state index is 0.0294. The number of aromatic nitrogens is 1. The fourth-order valence-corrected chi connectivity index (χ4v) is 4.23. The molecule has 1 aromatic heterocycles. The third-order valence-electron chi connectivity index (χ3n) is 5.41. The van der Waals surface area contributed by atoms with Gasteiger partial charge in [-0.3, -0.25) is 4.79 Å². The number of rotatable bonds is 0. The molecule has 0 radical (unpaired) electrons. The smallest absolute Gasteiger partial charge is 0.399 e. The minimum Gasteiger partial charge on any atom is -0.399 e. The van der Waals surface area contributed by atoms with Gasteiger partial charge in [-0.1, -0.05) is 18.2 Å². The van der Waals surface area contributed by atoms with Crippen LogP contribution in [0.5, 0.6) is 0 Å². The van der Waals surface area contributed by atoms with Gasteiger partial charge in [0.15, 0.2) is 0 Å². The highest BCUT2D eigenvalue weighted by molar-refractivity contribution is 6.04. The van der Waals surface area contributed by atoms with Crippen molar-refractivity contribution in [3.63, 3.8) is 0 Å². The predicted octanol–water partition coefficient (Wildman–Crippen LogP) is 3.59. The lowest BCUT2D eigenvalue weighted by molar-refractivity contribution is -0.223. The number of para-hydroxylation sites is 1. The van der Waals surface area contributed by atoms with Crippen molar-refractivity contribution in [2.45, 2.75) is 18.3 Å². The monoisotopic (exact) mass is 372 g/mol. The van der Waals surface area contributed by atoms with Gasteiger partial charge < -0.3 is 20.9 Å². The Kier molecular flexibility index (Phi) is 2.95. The van der Waals surface area contributed by atoms with Gasteiger partial charge in [-0.25, -0.2) is 0 Å². The Morgan fingerprint density at radius 1 is 1.15 bits per heavy atom. The number of fused-ring (bicyclic) bond motifs is 6. The van der Waals surface area contributed by atoms with Gasteiger partial charge in [-0.2, -0.15) is 13.2 Å². The predicted molar refractivity (Wildman–Crippen MR) is 95.2 cm³/mol. The molecular formula is C19H15F3N4O. The van der Waals surface area contributed by atoms with E-state index < -0.39 is 17.7 Å². The van der Waals surface area contributed by atoms with Gasteiger partial charge in [0.1, 0.15) is 0 Å². The number of alkyl halides is 3. The second-order valence-electron chi connectivity index (χ2n) is 6.87. The Bertz CT molecular complexity index is 1100. The number of carbonyl (C=O) groups is 1. The summed E-state index contributed by atoms with van der Waals surface area (Å²) in [5, 5.41) is 3.36. The van der Waals surface area contributed by atoms with E-state index in [1.165, 1.54) is 18.2 Å². The maximum atomic E-state index is 14.5. The van der Waals surface area contributed by atoms with Gasteiger partial charge in [0.25, 0.3) is 11.6 Å². The van der Waals surface area contributed by atoms with E-state index >= 15 is 0 Å². The number of halogens is 3. The summed E-state index contributed by atoms with van der Waals surface area (Å²) in [6.45, 7) is -0.0472. The van der Waals surface area contributed by atoms with Crippen LogP contribution in [0.25, 0.3) is 10.9 Å². The zero-order valence-electron chi connectivity index (χ0n) is 14.0. The molecule has 5 nitrogen and oxygen atoms in total. The van der Waals surface area contributed by atoms with Crippen molar-refractivity contribution >= 4 is 28.2 Å². The average Bonchev–Trinajstić information content (AvgIpc) is 3.01. The first-order valence-corrected chi connectivity index (χ1v) is 8.49. The van der Waals surface area contributed by atoms with Crippen LogP contribution in [0.4, 0.5) is 24.5 Å². The van der Waals surface area contributed by atoms with Gasteiger partial charge >= 0.3 is 6.18 Å². The summed E-state index contributed by atoms with van der Waals surface area (Å²) >= 11 is 0. The zero-order valence-corrected chi connectivity index (χ0v) is 14.0. The lowest BCUT2D eigenvalue weighted by Crippen LogP contribution is -2.67. The molecule has 1 unspecified atom stereocenters. The first kappa shape index (κ1) is 16.0. The first-order valence-electron chi connectivity index (χ1n) is 8.49. The van der Waals surface area contributed by atoms with E-state index in [0.717, 1.165) is 10.3 Å². The third-order valence-corrected chi connectivity index (χ3v) is 5.41. The first-order chi connectivity index (χ1) is 12.8. The average molecular weight is 372 g/mol. The Morgan fingerprint density at radius 3 is 2.70 bits per heavy atom. The maximum Gasteiger partial charge on any atom is 0.436 e. The van der Waals surface area contributed by atoms with Crippen LogP contribution in [0.2, 0.25) is 0 Å². The topological polar surface area (TPSA) is 74.2 Å². The van der Waals surface area contributed by atoms with Crippen molar-refractivity contribution in [1.29, 1.82) is 0 Å². The fourth-order valence-electron chi connectivity index (χ4n) is 4.23. The number of hydrogen-bond acceptors (Lipinski definition) is 3. The second-order valence-corrected chi connectivity index (χ2v) is 6.87. The van der Waals surface area contributed by atoms with E-state index in [9.17, 15) is 18.0 Å². The summed E-state index contributed by atoms with van der Waals surface area (Å²) in [7, 11) is 0. The highest BCUT2D eigenvalue weighted by Gasteiger charge is 2.66. The number of anilines is 2. The van der Waals surface area contributed by atoms with Crippen molar-refractivity contribution < 1.29 is 18.0 Å². The lowest BCUT2D eigenvalue weighted by Gasteiger charge is -2.51. The molecule has 2 aromatic carbocycles. The standard InChI is InChI=1S/C19H15F3N4O/c20-19(21,22)18-16-12(11-3-1-2-4-14(11)24-16)7-8-26(18)17(27)13-9-10(23)5-6-15(13)25-18/h1-6,9,24-25H,7-8,23H2. The molecule has 4 N–H and O–H groups in total. The number of carbonyl (C=O) groups excluding carboxylic acids is 1. The van der Waals surface area contributed by atoms with Gasteiger partial charge in [-0.05, 0) is 36.2 Å². The molecule has 138 valence electrons. The van der Waals surface area contributed by atoms with E-state index in [1.54, 1.807) is 24.3 Å². The molecular weight excluding hydrogens is 357 g/mol. The summed E-state index contributed by atoms with van der Waals surface area (Å²) in [5.74, 6) is -0.683. The Morgan fingerprint density at radius 2 is 1.93 bits per heavy atom. The molecule has 3 heterocycles. The van der Waals surface area contributed by atoms with E-state index in [1.807, 2.05) is 0 Å². The maximum absolute atomic E-state index is 14.5. The van der Waals surface area contributed by atoms with Gasteiger partial charge in [0.05, 0.1) is 11.3 Å². The zero-order chi connectivity index (χ0) is 19.0. The van der Waals surface area contributed by atoms with Crippen LogP contribution in [0.15, 0.2) is 42.5 Å². The van der Waals surface area contributed by atoms with Crippen LogP contribution in [0.3, 0.4) is 0 Å². The van der Waals surface area contributed by atoms with E-state index in [0.29, 0.717) is 23.2 Å². The molecule has 0 saturated heterocycles. The molecule has 0 fully saturated rings. The third kappa shape index (κ3) is 1.92. The number of benzene rings is 2. The van der Waals surface area contributed by atoms with E-state index in [2.05, 4.69) is 10.3 Å². The summed E-state index contributed by atoms with van der Waals surface area (Å²) < 4.78 is 43.6. The van der Waals surface area contributed by atoms with Gasteiger partial charge in [-0.15, -0.1) is 0 Å². The van der Waals surface area contributed by atoms with Crippen LogP contribution in [0.1, 0.15) is 21.6 Å². The fraction of sp³-hybridized carbons (Fsp3) is 0.211. The summed E-state index contributed by atoms with van der Waals surface area (Å²) in [5.41, 5.74) is 4.85. The molecule has 2 aliphatic heterocycles. The van der Waals surface area contributed by atoms with Crippen molar-refractivity contribution in [2.75, 3.05) is 17.6 Å². The number of H-pyrrole nitrogens is 1. The van der Waals surface area contributed by atoms with Crippen LogP contribution >= 0.6 is 0 Å². The molecule has 3 aromatic rings. The SMILES string of the molecule is Nc1ccc2c(c1)C(=O)N1CCc3c([nH]c4ccccc34)C1(C(F)(F)F)N2. The number of nitrogens with two attached hydrogens (primary N) is 1. The van der Waals surface area contributed by atoms with E-state index in [-0.39, 0.29) is 23.5 Å². The van der Waals surface area contributed by atoms with Crippen molar-refractivity contribution in [3.05, 3.63) is 59.3 Å². The lowest BCUT2D eigenvalue weighted by atomic mass is 9.87. The van der Waals surface area contributed by atoms with Crippen LogP contribution in [-0.4, -0.2) is 28.5 Å². The van der Waals surface area contributed by atoms with Crippen LogP contribution < -0.4 is 11.1 Å². The van der Waals surface area contributed by atoms with Crippen molar-refractivity contribution in [1.82, 2.24) is 9.88 Å². The molecule has 1 atom stereocenters. The number of aromatic amines is 1. The Balaban J connectivity index is 1.83. The largest absolute Gasteiger partial charge is 0.436 e. The number of nitrogen functional groups attached to an aromatic ring is 1. The Hall–Kier alpha value is -3.16. The normalized spacial score (nSPS) is 21.4. The Labute approximate surface area is 152 Å². The summed E-state index contributed by atoms with van der Waals surface area (Å²) in [6, 6.07) is 11.4. The molecule has 2 aliphatic rings. The molecule has 0 saturated carbocycles. The summed E-state index contributed by atoms with van der Waals surface area (Å²) in [4.78, 5) is 16.8. The molecule has 5 rings (SSSR count). The highest BCUT2D eigenvalue weighted by Crippen LogP contribution is 2.52. The van der Waals surface area contributed by atoms with Gasteiger partial charge in [0.2, 0.25) is 0 Å². The second kappa shape index (κ2) is 4.97. The summed E-state index contributed by atoms with van der Waals surface area (Å²) in [6.07, 6.45) is -4.40. The number of nitrogens with zero attached hydrogens (tertiary/aromatic N) is 1.